The predicted octanol–water partition coefficient (Wildman–Crippen LogP) is 12.1. The van der Waals surface area contributed by atoms with E-state index in [1.165, 1.54) is 30.9 Å². The maximum absolute atomic E-state index is 13.7. The molecule has 4 aliphatic rings. The quantitative estimate of drug-likeness (QED) is 0.0643. The molecule has 9 heterocycles. The average Bonchev–Trinajstić information content (AvgIpc) is 1.62. The summed E-state index contributed by atoms with van der Waals surface area (Å²) in [5.41, 5.74) is 0.847. The van der Waals surface area contributed by atoms with Crippen LogP contribution in [-0.4, -0.2) is 169 Å². The number of carbonyl (C=O) groups is 6. The maximum atomic E-state index is 13.7. The van der Waals surface area contributed by atoms with Gasteiger partial charge in [-0.25, -0.2) is 14.4 Å². The Labute approximate surface area is 600 Å². The molecule has 1 saturated carbocycles. The molecule has 0 radical (unpaired) electrons. The van der Waals surface area contributed by atoms with Crippen molar-refractivity contribution in [2.45, 2.75) is 102 Å². The molecule has 3 amide bonds. The number of rotatable bonds is 16. The number of ether oxygens (including phenoxy) is 3. The molecule has 0 unspecified atom stereocenters. The van der Waals surface area contributed by atoms with Crippen LogP contribution in [0, 0.1) is 11.3 Å². The lowest BCUT2D eigenvalue weighted by atomic mass is 9.96. The standard InChI is InChI=1S/C26H31N3O5.C25H27N3O5.C23H22F3N3O5.3CH4/c1-5-33-25(32)21-22(27-12-14-28(15-13-27)23(30)20-11-8-16-34-20)18-9-6-7-10-19(18)29(24(21)31)17-26(2,3)4;1-2-32-25(31)21-22(26-11-13-27(14-12-26)23(29)20-8-5-15-33-20)18-6-3-4-7-19(18)28(24(21)30)16-17-9-10-17;1-2-33-22(32)18-19(27-9-11-28(12-10-27)20(30)17-8-5-13-34-17)15-6-3-4-7-16(15)29(21(18)31)14-23(24,25)26;;;/h6-11,16H,5,12-15,17H2,1-4H3;3-8,15,17H,2,9-14,16H2,1H3;3-8,13H,2,9-12,14H2,1H3;3*1H4. The van der Waals surface area contributed by atoms with Crippen molar-refractivity contribution >= 4 is 85.4 Å². The summed E-state index contributed by atoms with van der Waals surface area (Å²) < 4.78 is 75.2. The van der Waals surface area contributed by atoms with Gasteiger partial charge in [-0.15, -0.1) is 0 Å². The summed E-state index contributed by atoms with van der Waals surface area (Å²) in [4.78, 5) is 128. The van der Waals surface area contributed by atoms with E-state index in [9.17, 15) is 56.3 Å². The molecule has 13 rings (SSSR count). The lowest BCUT2D eigenvalue weighted by Crippen LogP contribution is -2.49. The Hall–Kier alpha value is -10.9. The first-order valence-corrected chi connectivity index (χ1v) is 33.8. The third kappa shape index (κ3) is 17.3. The second kappa shape index (κ2) is 34.0. The highest BCUT2D eigenvalue weighted by molar-refractivity contribution is 6.08. The van der Waals surface area contributed by atoms with Crippen LogP contribution in [0.3, 0.4) is 0 Å². The highest BCUT2D eigenvalue weighted by atomic mass is 19.4. The average molecular weight is 1440 g/mol. The van der Waals surface area contributed by atoms with Crippen molar-refractivity contribution in [1.82, 2.24) is 28.4 Å². The molecule has 0 atom stereocenters. The number of hydrogen-bond donors (Lipinski definition) is 0. The number of fused-ring (bicyclic) bond motifs is 3. The Balaban J connectivity index is 0.000000195. The van der Waals surface area contributed by atoms with Crippen molar-refractivity contribution < 1.29 is 69.4 Å². The number of para-hydroxylation sites is 3. The van der Waals surface area contributed by atoms with Gasteiger partial charge in [-0.3, -0.25) is 33.3 Å². The molecule has 1 aliphatic carbocycles. The van der Waals surface area contributed by atoms with Crippen LogP contribution in [-0.2, 0) is 33.8 Å². The minimum Gasteiger partial charge on any atom is -0.462 e. The molecular weight excluding hydrogens is 1350 g/mol. The highest BCUT2D eigenvalue weighted by Crippen LogP contribution is 2.37. The van der Waals surface area contributed by atoms with Gasteiger partial charge in [0.2, 0.25) is 0 Å². The number of hydrogen-bond acceptors (Lipinski definition) is 18. The molecule has 27 heteroatoms. The zero-order valence-electron chi connectivity index (χ0n) is 57.1. The fourth-order valence-electron chi connectivity index (χ4n) is 13.1. The molecule has 0 spiro atoms. The molecule has 24 nitrogen and oxygen atoms in total. The largest absolute Gasteiger partial charge is 0.462 e. The Bertz CT molecular complexity index is 4480. The van der Waals surface area contributed by atoms with E-state index in [1.54, 1.807) is 98.0 Å². The Morgan fingerprint density at radius 2 is 0.702 bits per heavy atom. The van der Waals surface area contributed by atoms with E-state index in [0.717, 1.165) is 34.6 Å². The molecule has 3 aliphatic heterocycles. The van der Waals surface area contributed by atoms with Crippen molar-refractivity contribution in [2.24, 2.45) is 11.3 Å². The zero-order chi connectivity index (χ0) is 71.9. The van der Waals surface area contributed by atoms with Crippen LogP contribution < -0.4 is 31.4 Å². The SMILES string of the molecule is C.C.C.CCOC(=O)c1c(N2CCN(C(=O)c3ccco3)CC2)c2ccccc2n(CC(C)(C)C)c1=O.CCOC(=O)c1c(N2CCN(C(=O)c3ccco3)CC2)c2ccccc2n(CC(F)(F)F)c1=O.CCOC(=O)c1c(N2CCN(C(=O)c3ccco3)CC2)c2ccccc2n(CC2CC2)c1=O. The Morgan fingerprint density at radius 3 is 0.971 bits per heavy atom. The fourth-order valence-corrected chi connectivity index (χ4v) is 13.1. The molecule has 9 aromatic rings. The van der Waals surface area contributed by atoms with Crippen molar-refractivity contribution in [1.29, 1.82) is 0 Å². The lowest BCUT2D eigenvalue weighted by Gasteiger charge is -2.37. The summed E-state index contributed by atoms with van der Waals surface area (Å²) in [7, 11) is 0. The number of piperazine rings is 3. The lowest BCUT2D eigenvalue weighted by molar-refractivity contribution is -0.140. The van der Waals surface area contributed by atoms with Gasteiger partial charge in [-0.1, -0.05) is 97.6 Å². The predicted molar refractivity (Wildman–Crippen MR) is 391 cm³/mol. The number of alkyl halides is 3. The first-order valence-electron chi connectivity index (χ1n) is 33.8. The van der Waals surface area contributed by atoms with Gasteiger partial charge in [-0.05, 0) is 99.5 Å². The number of aromatic nitrogens is 3. The van der Waals surface area contributed by atoms with Crippen LogP contribution in [0.25, 0.3) is 32.7 Å². The zero-order valence-corrected chi connectivity index (χ0v) is 57.1. The van der Waals surface area contributed by atoms with Crippen molar-refractivity contribution in [3.8, 4) is 0 Å². The number of furan rings is 3. The first kappa shape index (κ1) is 78.9. The van der Waals surface area contributed by atoms with Gasteiger partial charge in [0, 0.05) is 108 Å². The number of pyridine rings is 3. The van der Waals surface area contributed by atoms with Gasteiger partial charge < -0.3 is 66.0 Å². The number of halogens is 3. The van der Waals surface area contributed by atoms with Gasteiger partial charge in [0.25, 0.3) is 34.4 Å². The van der Waals surface area contributed by atoms with E-state index in [2.05, 4.69) is 20.8 Å². The second-order valence-corrected chi connectivity index (χ2v) is 26.0. The van der Waals surface area contributed by atoms with Crippen LogP contribution in [0.4, 0.5) is 30.2 Å². The van der Waals surface area contributed by atoms with Crippen LogP contribution in [0.1, 0.15) is 139 Å². The minimum absolute atomic E-state index is 0. The van der Waals surface area contributed by atoms with Crippen molar-refractivity contribution in [3.63, 3.8) is 0 Å². The van der Waals surface area contributed by atoms with Gasteiger partial charge >= 0.3 is 24.1 Å². The van der Waals surface area contributed by atoms with Crippen LogP contribution in [0.2, 0.25) is 0 Å². The third-order valence-corrected chi connectivity index (χ3v) is 17.8. The third-order valence-electron chi connectivity index (χ3n) is 17.8. The van der Waals surface area contributed by atoms with Gasteiger partial charge in [-0.2, -0.15) is 13.2 Å². The molecule has 104 heavy (non-hydrogen) atoms. The summed E-state index contributed by atoms with van der Waals surface area (Å²) in [6.45, 7) is 15.8. The number of carbonyl (C=O) groups excluding carboxylic acids is 6. The van der Waals surface area contributed by atoms with Gasteiger partial charge in [0.05, 0.1) is 72.2 Å². The number of anilines is 3. The number of nitrogens with zero attached hydrogens (tertiary/aromatic N) is 9. The molecule has 0 N–H and O–H groups in total. The maximum Gasteiger partial charge on any atom is 0.406 e. The van der Waals surface area contributed by atoms with Crippen LogP contribution in [0.5, 0.6) is 0 Å². The Kier molecular flexibility index (Phi) is 25.7. The normalized spacial score (nSPS) is 14.6. The minimum atomic E-state index is -4.67. The van der Waals surface area contributed by atoms with Crippen LogP contribution >= 0.6 is 0 Å². The van der Waals surface area contributed by atoms with E-state index in [-0.39, 0.29) is 131 Å². The number of benzene rings is 3. The second-order valence-electron chi connectivity index (χ2n) is 26.0. The molecule has 3 aromatic carbocycles. The summed E-state index contributed by atoms with van der Waals surface area (Å²) in [6, 6.07) is 31.4. The summed E-state index contributed by atoms with van der Waals surface area (Å²) in [5.74, 6) is -1.54. The molecule has 6 aromatic heterocycles. The molecule has 4 fully saturated rings. The molecular formula is C77H92F3N9O15. The molecule has 556 valence electrons. The van der Waals surface area contributed by atoms with E-state index < -0.39 is 41.8 Å². The smallest absolute Gasteiger partial charge is 0.406 e. The van der Waals surface area contributed by atoms with E-state index in [1.807, 2.05) is 58.3 Å². The summed E-state index contributed by atoms with van der Waals surface area (Å²) >= 11 is 0. The van der Waals surface area contributed by atoms with E-state index in [0.29, 0.717) is 104 Å². The van der Waals surface area contributed by atoms with Crippen molar-refractivity contribution in [2.75, 3.05) is 113 Å². The van der Waals surface area contributed by atoms with Crippen LogP contribution in [0.15, 0.2) is 156 Å². The van der Waals surface area contributed by atoms with Gasteiger partial charge in [0.1, 0.15) is 23.2 Å². The van der Waals surface area contributed by atoms with E-state index >= 15 is 0 Å². The summed E-state index contributed by atoms with van der Waals surface area (Å²) in [5, 5.41) is 1.99. The topological polar surface area (TPSA) is 255 Å². The first-order chi connectivity index (χ1) is 48.5. The number of esters is 3. The molecule has 0 bridgehead atoms. The Morgan fingerprint density at radius 1 is 0.413 bits per heavy atom. The summed E-state index contributed by atoms with van der Waals surface area (Å²) in [6.07, 6.45) is 1.90. The highest BCUT2D eigenvalue weighted by Gasteiger charge is 2.38. The monoisotopic (exact) mass is 1440 g/mol. The van der Waals surface area contributed by atoms with Gasteiger partial charge in [0.15, 0.2) is 17.3 Å². The molecule has 3 saturated heterocycles. The fraction of sp³-hybridized carbons (Fsp3) is 0.416. The van der Waals surface area contributed by atoms with Crippen molar-refractivity contribution in [3.05, 3.63) is 193 Å². The van der Waals surface area contributed by atoms with E-state index in [4.69, 9.17) is 27.5 Å². The number of amides is 3.